The quantitative estimate of drug-likeness (QED) is 0.701. The second-order valence-corrected chi connectivity index (χ2v) is 4.29. The van der Waals surface area contributed by atoms with Crippen LogP contribution >= 0.6 is 0 Å². The number of hydrogen-bond donors (Lipinski definition) is 0. The van der Waals surface area contributed by atoms with E-state index in [0.29, 0.717) is 0 Å². The van der Waals surface area contributed by atoms with E-state index in [1.807, 2.05) is 13.8 Å². The Balaban J connectivity index is 0. The lowest BCUT2D eigenvalue weighted by Crippen LogP contribution is -2.47. The monoisotopic (exact) mass is 246 g/mol. The minimum Gasteiger partial charge on any atom is -0.444 e. The van der Waals surface area contributed by atoms with Crippen molar-refractivity contribution in [3.8, 4) is 6.07 Å². The number of ether oxygens (including phenoxy) is 1. The van der Waals surface area contributed by atoms with Gasteiger partial charge in [-0.25, -0.2) is 9.18 Å². The summed E-state index contributed by atoms with van der Waals surface area (Å²) in [5.41, 5.74) is -0.698. The zero-order chi connectivity index (χ0) is 14.3. The molecule has 0 heterocycles. The Morgan fingerprint density at radius 1 is 1.35 bits per heavy atom. The Labute approximate surface area is 103 Å². The highest BCUT2D eigenvalue weighted by Crippen LogP contribution is 2.19. The molecule has 4 nitrogen and oxygen atoms in total. The van der Waals surface area contributed by atoms with E-state index < -0.39 is 17.5 Å². The first-order chi connectivity index (χ1) is 7.64. The number of nitrogens with zero attached hydrogens (tertiary/aromatic N) is 2. The van der Waals surface area contributed by atoms with E-state index in [9.17, 15) is 9.18 Å². The molecule has 0 aliphatic carbocycles. The molecule has 0 aromatic carbocycles. The lowest BCUT2D eigenvalue weighted by atomic mass is 10.2. The normalized spacial score (nSPS) is 13.6. The molecule has 0 saturated heterocycles. The summed E-state index contributed by atoms with van der Waals surface area (Å²) in [6.07, 6.45) is -0.823. The highest BCUT2D eigenvalue weighted by molar-refractivity contribution is 5.69. The average molecular weight is 246 g/mol. The van der Waals surface area contributed by atoms with Gasteiger partial charge in [-0.3, -0.25) is 4.90 Å². The van der Waals surface area contributed by atoms with E-state index in [1.165, 1.54) is 6.07 Å². The van der Waals surface area contributed by atoms with E-state index in [1.54, 1.807) is 27.7 Å². The van der Waals surface area contributed by atoms with Crippen molar-refractivity contribution in [2.45, 2.75) is 59.9 Å². The number of nitriles is 1. The van der Waals surface area contributed by atoms with Crippen molar-refractivity contribution < 1.29 is 13.9 Å². The van der Waals surface area contributed by atoms with Crippen LogP contribution in [0.4, 0.5) is 9.18 Å². The van der Waals surface area contributed by atoms with Gasteiger partial charge in [0.15, 0.2) is 0 Å². The minimum atomic E-state index is -2.34. The van der Waals surface area contributed by atoms with Crippen molar-refractivity contribution in [1.82, 2.24) is 4.90 Å². The van der Waals surface area contributed by atoms with E-state index in [2.05, 4.69) is 0 Å². The van der Waals surface area contributed by atoms with Gasteiger partial charge >= 0.3 is 6.09 Å². The molecule has 17 heavy (non-hydrogen) atoms. The molecular formula is C12H23FN2O2. The summed E-state index contributed by atoms with van der Waals surface area (Å²) in [6, 6.07) is 1.42. The van der Waals surface area contributed by atoms with Gasteiger partial charge in [-0.05, 0) is 27.7 Å². The van der Waals surface area contributed by atoms with Gasteiger partial charge in [0.2, 0.25) is 0 Å². The van der Waals surface area contributed by atoms with Gasteiger partial charge < -0.3 is 4.74 Å². The fourth-order valence-corrected chi connectivity index (χ4v) is 0.975. The van der Waals surface area contributed by atoms with Crippen LogP contribution < -0.4 is 0 Å². The maximum atomic E-state index is 13.6. The van der Waals surface area contributed by atoms with Crippen LogP contribution in [0.15, 0.2) is 0 Å². The summed E-state index contributed by atoms with van der Waals surface area (Å²) < 4.78 is 18.5. The van der Waals surface area contributed by atoms with Crippen LogP contribution in [0.3, 0.4) is 0 Å². The molecule has 1 unspecified atom stereocenters. The Kier molecular flexibility index (Phi) is 7.55. The van der Waals surface area contributed by atoms with E-state index in [-0.39, 0.29) is 6.54 Å². The van der Waals surface area contributed by atoms with Crippen LogP contribution in [0.1, 0.15) is 48.5 Å². The van der Waals surface area contributed by atoms with Crippen LogP contribution in [0.25, 0.3) is 0 Å². The SMILES string of the molecule is CC.CCN(C(=O)OC(C)(C)C)C(C)(F)C#N. The third-order valence-electron chi connectivity index (χ3n) is 1.64. The number of carbonyl (C=O) groups excluding carboxylic acids is 1. The maximum Gasteiger partial charge on any atom is 0.413 e. The third-order valence-corrected chi connectivity index (χ3v) is 1.64. The van der Waals surface area contributed by atoms with Gasteiger partial charge in [0, 0.05) is 13.5 Å². The zero-order valence-electron chi connectivity index (χ0n) is 11.8. The van der Waals surface area contributed by atoms with Crippen molar-refractivity contribution in [3.63, 3.8) is 0 Å². The average Bonchev–Trinajstić information content (AvgIpc) is 2.18. The number of halogens is 1. The predicted octanol–water partition coefficient (Wildman–Crippen LogP) is 3.48. The lowest BCUT2D eigenvalue weighted by molar-refractivity contribution is -0.0179. The van der Waals surface area contributed by atoms with Gasteiger partial charge in [0.25, 0.3) is 5.79 Å². The fraction of sp³-hybridized carbons (Fsp3) is 0.833. The Bertz CT molecular complexity index is 277. The molecule has 0 bridgehead atoms. The van der Waals surface area contributed by atoms with Crippen molar-refractivity contribution in [3.05, 3.63) is 0 Å². The molecule has 0 saturated carbocycles. The highest BCUT2D eigenvalue weighted by Gasteiger charge is 2.36. The summed E-state index contributed by atoms with van der Waals surface area (Å²) in [7, 11) is 0. The molecule has 0 radical (unpaired) electrons. The first-order valence-corrected chi connectivity index (χ1v) is 5.75. The number of carbonyl (C=O) groups is 1. The Morgan fingerprint density at radius 2 is 1.76 bits per heavy atom. The molecule has 0 N–H and O–H groups in total. The van der Waals surface area contributed by atoms with Crippen molar-refractivity contribution >= 4 is 6.09 Å². The second kappa shape index (κ2) is 7.10. The lowest BCUT2D eigenvalue weighted by Gasteiger charge is -2.30. The third kappa shape index (κ3) is 6.77. The summed E-state index contributed by atoms with van der Waals surface area (Å²) in [6.45, 7) is 11.7. The largest absolute Gasteiger partial charge is 0.444 e. The van der Waals surface area contributed by atoms with Crippen LogP contribution in [-0.2, 0) is 4.74 Å². The van der Waals surface area contributed by atoms with E-state index in [0.717, 1.165) is 11.8 Å². The van der Waals surface area contributed by atoms with Gasteiger partial charge in [0.05, 0.1) is 0 Å². The van der Waals surface area contributed by atoms with Crippen LogP contribution in [0.2, 0.25) is 0 Å². The molecule has 100 valence electrons. The molecule has 0 fully saturated rings. The molecule has 0 rings (SSSR count). The molecule has 5 heteroatoms. The van der Waals surface area contributed by atoms with Crippen molar-refractivity contribution in [2.24, 2.45) is 0 Å². The highest BCUT2D eigenvalue weighted by atomic mass is 19.1. The summed E-state index contributed by atoms with van der Waals surface area (Å²) in [4.78, 5) is 12.3. The number of alkyl halides is 1. The zero-order valence-corrected chi connectivity index (χ0v) is 11.8. The smallest absolute Gasteiger partial charge is 0.413 e. The number of hydrogen-bond acceptors (Lipinski definition) is 3. The van der Waals surface area contributed by atoms with Crippen molar-refractivity contribution in [2.75, 3.05) is 6.54 Å². The molecule has 0 aliphatic rings. The van der Waals surface area contributed by atoms with Gasteiger partial charge in [-0.1, -0.05) is 13.8 Å². The first kappa shape index (κ1) is 18.1. The predicted molar refractivity (Wildman–Crippen MR) is 65.1 cm³/mol. The molecule has 1 atom stereocenters. The maximum absolute atomic E-state index is 13.6. The van der Waals surface area contributed by atoms with E-state index >= 15 is 0 Å². The topological polar surface area (TPSA) is 53.3 Å². The van der Waals surface area contributed by atoms with Gasteiger partial charge in [-0.15, -0.1) is 0 Å². The molecular weight excluding hydrogens is 223 g/mol. The first-order valence-electron chi connectivity index (χ1n) is 5.75. The molecule has 0 aliphatic heterocycles. The van der Waals surface area contributed by atoms with Crippen LogP contribution in [-0.4, -0.2) is 28.9 Å². The van der Waals surface area contributed by atoms with Crippen molar-refractivity contribution in [1.29, 1.82) is 5.26 Å². The molecule has 0 spiro atoms. The fourth-order valence-electron chi connectivity index (χ4n) is 0.975. The molecule has 0 aromatic heterocycles. The van der Waals surface area contributed by atoms with Crippen LogP contribution in [0, 0.1) is 11.3 Å². The van der Waals surface area contributed by atoms with E-state index in [4.69, 9.17) is 10.00 Å². The summed E-state index contributed by atoms with van der Waals surface area (Å²) >= 11 is 0. The summed E-state index contributed by atoms with van der Waals surface area (Å²) in [5, 5.41) is 8.57. The Hall–Kier alpha value is -1.31. The summed E-state index contributed by atoms with van der Waals surface area (Å²) in [5.74, 6) is -2.34. The number of rotatable bonds is 2. The number of amides is 1. The van der Waals surface area contributed by atoms with Crippen LogP contribution in [0.5, 0.6) is 0 Å². The minimum absolute atomic E-state index is 0.0788. The van der Waals surface area contributed by atoms with Gasteiger partial charge in [-0.2, -0.15) is 5.26 Å². The van der Waals surface area contributed by atoms with Gasteiger partial charge in [0.1, 0.15) is 11.7 Å². The Morgan fingerprint density at radius 3 is 2.00 bits per heavy atom. The second-order valence-electron chi connectivity index (χ2n) is 4.29. The standard InChI is InChI=1S/C10H17FN2O2.C2H6/c1-6-13(10(5,11)7-12)8(14)15-9(2,3)4;1-2/h6H2,1-5H3;1-2H3. The molecule has 0 aromatic rings. The molecule has 1 amide bonds.